The van der Waals surface area contributed by atoms with Crippen molar-refractivity contribution in [1.82, 2.24) is 30.4 Å². The first-order chi connectivity index (χ1) is 14.7. The average Bonchev–Trinajstić information content (AvgIpc) is 3.27. The molecule has 0 spiro atoms. The van der Waals surface area contributed by atoms with E-state index >= 15 is 0 Å². The van der Waals surface area contributed by atoms with Gasteiger partial charge >= 0.3 is 5.97 Å². The fraction of sp³-hybridized carbons (Fsp3) is 0.100. The van der Waals surface area contributed by atoms with Crippen molar-refractivity contribution in [1.29, 1.82) is 0 Å². The van der Waals surface area contributed by atoms with Gasteiger partial charge in [-0.1, -0.05) is 47.6 Å². The number of carbonyl (C=O) groups is 1. The third kappa shape index (κ3) is 2.73. The van der Waals surface area contributed by atoms with Crippen LogP contribution in [0, 0.1) is 0 Å². The van der Waals surface area contributed by atoms with Gasteiger partial charge in [0.1, 0.15) is 11.7 Å². The summed E-state index contributed by atoms with van der Waals surface area (Å²) in [5.41, 5.74) is 3.21. The molecule has 2 aromatic carbocycles. The quantitative estimate of drug-likeness (QED) is 0.439. The number of benzene rings is 2. The van der Waals surface area contributed by atoms with Gasteiger partial charge in [0.2, 0.25) is 5.95 Å². The van der Waals surface area contributed by atoms with Crippen LogP contribution in [0.4, 0.5) is 11.6 Å². The van der Waals surface area contributed by atoms with Crippen LogP contribution >= 0.6 is 0 Å². The number of nitrogens with zero attached hydrogens (tertiary/aromatic N) is 5. The Kier molecular flexibility index (Phi) is 4.09. The highest BCUT2D eigenvalue weighted by molar-refractivity contribution is 5.89. The molecule has 0 bridgehead atoms. The maximum absolute atomic E-state index is 12.6. The molecule has 1 aliphatic heterocycles. The molecule has 148 valence electrons. The Hall–Kier alpha value is -4.34. The van der Waals surface area contributed by atoms with Crippen LogP contribution in [0.3, 0.4) is 0 Å². The van der Waals surface area contributed by atoms with Gasteiger partial charge in [0.05, 0.1) is 18.4 Å². The van der Waals surface area contributed by atoms with Crippen molar-refractivity contribution < 1.29 is 9.53 Å². The first kappa shape index (κ1) is 17.7. The van der Waals surface area contributed by atoms with Crippen LogP contribution in [-0.2, 0) is 4.74 Å². The number of carbonyl (C=O) groups excluding carboxylic acids is 1. The summed E-state index contributed by atoms with van der Waals surface area (Å²) in [4.78, 5) is 24.4. The lowest BCUT2D eigenvalue weighted by Crippen LogP contribution is -2.29. The molecule has 0 unspecified atom stereocenters. The lowest BCUT2D eigenvalue weighted by molar-refractivity contribution is 0.0600. The first-order valence-electron chi connectivity index (χ1n) is 9.08. The van der Waals surface area contributed by atoms with E-state index in [1.807, 2.05) is 30.3 Å². The SMILES string of the molecule is COC(=O)c1ccc([C@H]2c3c(-c4ccccc4)n[nH]c(=O)c3Nc3nnnn32)cc1. The number of ether oxygens (including phenoxy) is 1. The normalized spacial score (nSPS) is 14.4. The summed E-state index contributed by atoms with van der Waals surface area (Å²) in [5, 5.41) is 21.7. The Morgan fingerprint density at radius 1 is 1.10 bits per heavy atom. The maximum atomic E-state index is 12.6. The molecule has 0 amide bonds. The second-order valence-corrected chi connectivity index (χ2v) is 6.64. The van der Waals surface area contributed by atoms with Crippen LogP contribution < -0.4 is 10.9 Å². The number of nitrogens with one attached hydrogen (secondary N) is 2. The smallest absolute Gasteiger partial charge is 0.337 e. The summed E-state index contributed by atoms with van der Waals surface area (Å²) < 4.78 is 6.36. The van der Waals surface area contributed by atoms with Crippen LogP contribution in [-0.4, -0.2) is 43.5 Å². The zero-order valence-electron chi connectivity index (χ0n) is 15.7. The van der Waals surface area contributed by atoms with E-state index in [9.17, 15) is 9.59 Å². The molecule has 0 aliphatic carbocycles. The van der Waals surface area contributed by atoms with Gasteiger partial charge in [0.15, 0.2) is 0 Å². The lowest BCUT2D eigenvalue weighted by Gasteiger charge is -2.27. The van der Waals surface area contributed by atoms with Gasteiger partial charge in [0.25, 0.3) is 5.56 Å². The van der Waals surface area contributed by atoms with Crippen molar-refractivity contribution in [2.75, 3.05) is 12.4 Å². The van der Waals surface area contributed by atoms with E-state index < -0.39 is 12.0 Å². The zero-order valence-corrected chi connectivity index (χ0v) is 15.7. The van der Waals surface area contributed by atoms with Crippen molar-refractivity contribution in [2.45, 2.75) is 6.04 Å². The van der Waals surface area contributed by atoms with E-state index in [-0.39, 0.29) is 5.56 Å². The number of methoxy groups -OCH3 is 1. The third-order valence-corrected chi connectivity index (χ3v) is 4.96. The van der Waals surface area contributed by atoms with E-state index in [0.717, 1.165) is 11.1 Å². The fourth-order valence-corrected chi connectivity index (χ4v) is 3.58. The standard InChI is InChI=1S/C20H15N7O3/c1-30-19(29)13-9-7-12(8-10-13)17-14-15(11-5-3-2-4-6-11)22-23-18(28)16(14)21-20-24-25-26-27(17)20/h2-10,17H,1H3,(H,23,28)(H,21,24,26)/t17-/m0/s1. The Morgan fingerprint density at radius 2 is 1.87 bits per heavy atom. The van der Waals surface area contributed by atoms with E-state index in [1.54, 1.807) is 28.9 Å². The highest BCUT2D eigenvalue weighted by Crippen LogP contribution is 2.40. The Balaban J connectivity index is 1.75. The van der Waals surface area contributed by atoms with Crippen molar-refractivity contribution in [3.8, 4) is 11.3 Å². The second-order valence-electron chi connectivity index (χ2n) is 6.64. The largest absolute Gasteiger partial charge is 0.465 e. The van der Waals surface area contributed by atoms with Crippen molar-refractivity contribution >= 4 is 17.6 Å². The third-order valence-electron chi connectivity index (χ3n) is 4.96. The Morgan fingerprint density at radius 3 is 2.60 bits per heavy atom. The first-order valence-corrected chi connectivity index (χ1v) is 9.08. The molecule has 3 heterocycles. The summed E-state index contributed by atoms with van der Waals surface area (Å²) in [7, 11) is 1.33. The lowest BCUT2D eigenvalue weighted by atomic mass is 9.92. The molecule has 5 rings (SSSR count). The molecule has 1 aliphatic rings. The summed E-state index contributed by atoms with van der Waals surface area (Å²) in [6, 6.07) is 15.9. The molecule has 2 aromatic heterocycles. The average molecular weight is 401 g/mol. The molecule has 0 saturated heterocycles. The minimum Gasteiger partial charge on any atom is -0.465 e. The number of tetrazole rings is 1. The minimum atomic E-state index is -0.525. The van der Waals surface area contributed by atoms with Crippen molar-refractivity contribution in [3.63, 3.8) is 0 Å². The van der Waals surface area contributed by atoms with E-state index in [1.165, 1.54) is 7.11 Å². The molecule has 1 atom stereocenters. The number of aromatic amines is 1. The number of esters is 1. The number of fused-ring (bicyclic) bond motifs is 2. The second kappa shape index (κ2) is 6.92. The number of hydrogen-bond donors (Lipinski definition) is 2. The minimum absolute atomic E-state index is 0.327. The molecule has 10 heteroatoms. The van der Waals surface area contributed by atoms with Crippen LogP contribution in [0.1, 0.15) is 27.5 Å². The highest BCUT2D eigenvalue weighted by atomic mass is 16.5. The predicted molar refractivity (Wildman–Crippen MR) is 106 cm³/mol. The molecular formula is C20H15N7O3. The van der Waals surface area contributed by atoms with Gasteiger partial charge in [-0.2, -0.15) is 9.78 Å². The van der Waals surface area contributed by atoms with E-state index in [2.05, 4.69) is 31.0 Å². The van der Waals surface area contributed by atoms with Crippen molar-refractivity contribution in [3.05, 3.63) is 81.6 Å². The van der Waals surface area contributed by atoms with Gasteiger partial charge in [-0.05, 0) is 28.1 Å². The summed E-state index contributed by atoms with van der Waals surface area (Å²) in [6.45, 7) is 0. The Labute approximate surface area is 169 Å². The van der Waals surface area contributed by atoms with E-state index in [4.69, 9.17) is 4.74 Å². The van der Waals surface area contributed by atoms with E-state index in [0.29, 0.717) is 28.5 Å². The molecule has 2 N–H and O–H groups in total. The van der Waals surface area contributed by atoms with Gasteiger partial charge in [-0.25, -0.2) is 9.89 Å². The van der Waals surface area contributed by atoms with Gasteiger partial charge < -0.3 is 10.1 Å². The van der Waals surface area contributed by atoms with Gasteiger partial charge in [0, 0.05) is 11.1 Å². The van der Waals surface area contributed by atoms with Crippen LogP contribution in [0.2, 0.25) is 0 Å². The predicted octanol–water partition coefficient (Wildman–Crippen LogP) is 1.90. The molecule has 0 fully saturated rings. The molecule has 10 nitrogen and oxygen atoms in total. The highest BCUT2D eigenvalue weighted by Gasteiger charge is 2.34. The zero-order chi connectivity index (χ0) is 20.7. The summed E-state index contributed by atoms with van der Waals surface area (Å²) >= 11 is 0. The number of anilines is 2. The molecule has 30 heavy (non-hydrogen) atoms. The molecule has 0 radical (unpaired) electrons. The number of H-pyrrole nitrogens is 1. The monoisotopic (exact) mass is 401 g/mol. The number of aromatic nitrogens is 6. The molecule has 0 saturated carbocycles. The maximum Gasteiger partial charge on any atom is 0.337 e. The van der Waals surface area contributed by atoms with Crippen LogP contribution in [0.15, 0.2) is 59.4 Å². The fourth-order valence-electron chi connectivity index (χ4n) is 3.58. The van der Waals surface area contributed by atoms with Crippen molar-refractivity contribution in [2.24, 2.45) is 0 Å². The topological polar surface area (TPSA) is 128 Å². The Bertz CT molecular complexity index is 1300. The van der Waals surface area contributed by atoms with Gasteiger partial charge in [-0.3, -0.25) is 4.79 Å². The van der Waals surface area contributed by atoms with Crippen LogP contribution in [0.25, 0.3) is 11.3 Å². The summed E-state index contributed by atoms with van der Waals surface area (Å²) in [6.07, 6.45) is 0. The number of hydrogen-bond acceptors (Lipinski definition) is 8. The molecule has 4 aromatic rings. The van der Waals surface area contributed by atoms with Gasteiger partial charge in [-0.15, -0.1) is 0 Å². The van der Waals surface area contributed by atoms with Crippen LogP contribution in [0.5, 0.6) is 0 Å². The number of rotatable bonds is 3. The molecular weight excluding hydrogens is 386 g/mol. The summed E-state index contributed by atoms with van der Waals surface area (Å²) in [5.74, 6) is -0.0984.